The van der Waals surface area contributed by atoms with E-state index in [-0.39, 0.29) is 35.0 Å². The maximum atomic E-state index is 12.8. The highest BCUT2D eigenvalue weighted by molar-refractivity contribution is 9.10. The van der Waals surface area contributed by atoms with Gasteiger partial charge in [0.2, 0.25) is 0 Å². The Morgan fingerprint density at radius 3 is 2.39 bits per heavy atom. The summed E-state index contributed by atoms with van der Waals surface area (Å²) in [4.78, 5) is 29.8. The maximum absolute atomic E-state index is 12.8. The van der Waals surface area contributed by atoms with Gasteiger partial charge in [0.05, 0.1) is 11.5 Å². The fourth-order valence-corrected chi connectivity index (χ4v) is 3.30. The lowest BCUT2D eigenvalue weighted by atomic mass is 10.1. The van der Waals surface area contributed by atoms with E-state index >= 15 is 0 Å². The van der Waals surface area contributed by atoms with Crippen molar-refractivity contribution in [2.45, 2.75) is 25.7 Å². The summed E-state index contributed by atoms with van der Waals surface area (Å²) in [5, 5.41) is 10.8. The van der Waals surface area contributed by atoms with E-state index in [0.29, 0.717) is 5.56 Å². The molecule has 0 spiro atoms. The first-order chi connectivity index (χ1) is 13.0. The van der Waals surface area contributed by atoms with Crippen LogP contribution in [0.3, 0.4) is 0 Å². The monoisotopic (exact) mass is 509 g/mol. The van der Waals surface area contributed by atoms with E-state index in [9.17, 15) is 14.9 Å². The van der Waals surface area contributed by atoms with Crippen LogP contribution in [0.4, 0.5) is 11.4 Å². The van der Waals surface area contributed by atoms with Crippen molar-refractivity contribution in [2.75, 3.05) is 18.0 Å². The Morgan fingerprint density at radius 2 is 1.75 bits per heavy atom. The van der Waals surface area contributed by atoms with Gasteiger partial charge in [0.15, 0.2) is 5.78 Å². The van der Waals surface area contributed by atoms with Gasteiger partial charge in [-0.1, -0.05) is 22.4 Å². The van der Waals surface area contributed by atoms with Gasteiger partial charge in [0.25, 0.3) is 5.69 Å². The van der Waals surface area contributed by atoms with Crippen molar-refractivity contribution in [2.24, 2.45) is 4.99 Å². The van der Waals surface area contributed by atoms with Gasteiger partial charge in [0, 0.05) is 40.8 Å². The highest BCUT2D eigenvalue weighted by Crippen LogP contribution is 2.23. The number of hydrogen-bond donors (Lipinski definition) is 0. The average molecular weight is 511 g/mol. The van der Waals surface area contributed by atoms with Gasteiger partial charge in [0.1, 0.15) is 5.84 Å². The van der Waals surface area contributed by atoms with E-state index in [2.05, 4.69) is 15.9 Å². The number of nitro benzene ring substituents is 1. The molecule has 0 amide bonds. The zero-order chi connectivity index (χ0) is 19.2. The topological polar surface area (TPSA) is 75.8 Å². The molecule has 0 saturated heterocycles. The number of halogens is 2. The summed E-state index contributed by atoms with van der Waals surface area (Å²) in [6, 6.07) is 13.5. The van der Waals surface area contributed by atoms with Crippen LogP contribution in [-0.4, -0.2) is 29.6 Å². The van der Waals surface area contributed by atoms with Gasteiger partial charge >= 0.3 is 0 Å². The van der Waals surface area contributed by atoms with Crippen LogP contribution in [0, 0.1) is 10.1 Å². The number of carbonyl (C=O) groups is 1. The molecule has 3 rings (SSSR count). The lowest BCUT2D eigenvalue weighted by Crippen LogP contribution is -2.36. The summed E-state index contributed by atoms with van der Waals surface area (Å²) >= 11 is 3.44. The Hall–Kier alpha value is -2.06. The molecule has 0 radical (unpaired) electrons. The van der Waals surface area contributed by atoms with Crippen molar-refractivity contribution in [3.63, 3.8) is 0 Å². The van der Waals surface area contributed by atoms with Crippen molar-refractivity contribution >= 4 is 55.9 Å². The lowest BCUT2D eigenvalue weighted by Gasteiger charge is -2.25. The van der Waals surface area contributed by atoms with E-state index in [4.69, 9.17) is 4.99 Å². The highest BCUT2D eigenvalue weighted by Gasteiger charge is 2.20. The van der Waals surface area contributed by atoms with Crippen molar-refractivity contribution in [1.82, 2.24) is 0 Å². The fraction of sp³-hybridized carbons (Fsp3) is 0.300. The zero-order valence-corrected chi connectivity index (χ0v) is 18.5. The van der Waals surface area contributed by atoms with Crippen molar-refractivity contribution < 1.29 is 9.72 Å². The molecule has 0 bridgehead atoms. The molecule has 2 aromatic rings. The molecule has 28 heavy (non-hydrogen) atoms. The Labute approximate surface area is 182 Å². The number of nitro groups is 1. The van der Waals surface area contributed by atoms with E-state index in [1.165, 1.54) is 24.3 Å². The number of anilines is 1. The van der Waals surface area contributed by atoms with E-state index in [1.807, 2.05) is 29.2 Å². The third-order valence-electron chi connectivity index (χ3n) is 4.50. The predicted octanol–water partition coefficient (Wildman–Crippen LogP) is 5.60. The number of Topliss-reactive ketones (excluding diaryl/α,β-unsaturated/α-hetero) is 1. The van der Waals surface area contributed by atoms with Gasteiger partial charge in [-0.2, -0.15) is 0 Å². The molecule has 8 heteroatoms. The third kappa shape index (κ3) is 5.72. The normalized spacial score (nSPS) is 13.7. The van der Waals surface area contributed by atoms with Gasteiger partial charge in [-0.25, -0.2) is 0 Å². The molecule has 0 N–H and O–H groups in total. The molecule has 1 heterocycles. The van der Waals surface area contributed by atoms with Crippen molar-refractivity contribution in [1.29, 1.82) is 0 Å². The second-order valence-corrected chi connectivity index (χ2v) is 7.31. The van der Waals surface area contributed by atoms with Crippen LogP contribution in [0.2, 0.25) is 0 Å². The van der Waals surface area contributed by atoms with Gasteiger partial charge in [-0.3, -0.25) is 19.9 Å². The molecule has 2 aromatic carbocycles. The number of nitrogens with zero attached hydrogens (tertiary/aromatic N) is 3. The molecule has 0 atom stereocenters. The number of carbonyl (C=O) groups excluding carboxylic acids is 1. The number of rotatable bonds is 5. The number of benzene rings is 2. The van der Waals surface area contributed by atoms with Crippen LogP contribution in [0.1, 0.15) is 36.0 Å². The van der Waals surface area contributed by atoms with Crippen LogP contribution >= 0.6 is 32.9 Å². The Morgan fingerprint density at radius 1 is 1.07 bits per heavy atom. The Balaban J connectivity index is 0.00000280. The molecule has 0 saturated carbocycles. The number of hydrogen-bond acceptors (Lipinski definition) is 5. The van der Waals surface area contributed by atoms with Crippen LogP contribution in [0.15, 0.2) is 58.0 Å². The van der Waals surface area contributed by atoms with E-state index in [0.717, 1.165) is 48.2 Å². The average Bonchev–Trinajstić information content (AvgIpc) is 2.96. The molecule has 0 aromatic heterocycles. The Kier molecular flexibility index (Phi) is 8.32. The van der Waals surface area contributed by atoms with Crippen molar-refractivity contribution in [3.8, 4) is 0 Å². The quantitative estimate of drug-likeness (QED) is 0.298. The summed E-state index contributed by atoms with van der Waals surface area (Å²) < 4.78 is 0.968. The first-order valence-electron chi connectivity index (χ1n) is 8.88. The molecule has 148 valence electrons. The van der Waals surface area contributed by atoms with Crippen molar-refractivity contribution in [3.05, 3.63) is 68.7 Å². The molecule has 1 aliphatic rings. The maximum Gasteiger partial charge on any atom is 0.269 e. The summed E-state index contributed by atoms with van der Waals surface area (Å²) in [6.45, 7) is 0.923. The second-order valence-electron chi connectivity index (χ2n) is 6.40. The number of non-ortho nitro benzene ring substituents is 1. The first kappa shape index (κ1) is 22.2. The van der Waals surface area contributed by atoms with E-state index in [1.54, 1.807) is 0 Å². The summed E-state index contributed by atoms with van der Waals surface area (Å²) in [5.41, 5.74) is 1.34. The molecule has 0 unspecified atom stereocenters. The lowest BCUT2D eigenvalue weighted by molar-refractivity contribution is -0.384. The molecular formula is C20H21Br2N3O3. The van der Waals surface area contributed by atoms with Crippen LogP contribution in [0.25, 0.3) is 0 Å². The molecule has 0 aliphatic carbocycles. The van der Waals surface area contributed by atoms with Gasteiger partial charge in [-0.05, 0) is 49.2 Å². The van der Waals surface area contributed by atoms with Crippen LogP contribution in [-0.2, 0) is 0 Å². The standard InChI is InChI=1S/C20H20BrN3O3.BrH/c21-16-7-11-17(12-8-16)23(20-4-2-1-3-13-22-20)14-19(25)15-5-9-18(10-6-15)24(26)27;/h5-12H,1-4,13-14H2;1H. The summed E-state index contributed by atoms with van der Waals surface area (Å²) in [7, 11) is 0. The van der Waals surface area contributed by atoms with Crippen LogP contribution < -0.4 is 4.90 Å². The summed E-state index contributed by atoms with van der Waals surface area (Å²) in [6.07, 6.45) is 4.09. The van der Waals surface area contributed by atoms with E-state index < -0.39 is 4.92 Å². The third-order valence-corrected chi connectivity index (χ3v) is 5.03. The summed E-state index contributed by atoms with van der Waals surface area (Å²) in [5.74, 6) is 0.824. The molecule has 0 fully saturated rings. The zero-order valence-electron chi connectivity index (χ0n) is 15.2. The smallest absolute Gasteiger partial charge is 0.269 e. The van der Waals surface area contributed by atoms with Crippen LogP contribution in [0.5, 0.6) is 0 Å². The molecule has 1 aliphatic heterocycles. The van der Waals surface area contributed by atoms with Gasteiger partial charge < -0.3 is 4.90 Å². The number of ketones is 1. The second kappa shape index (κ2) is 10.5. The minimum atomic E-state index is -0.470. The largest absolute Gasteiger partial charge is 0.322 e. The predicted molar refractivity (Wildman–Crippen MR) is 120 cm³/mol. The Bertz CT molecular complexity index is 852. The number of amidine groups is 1. The molecular weight excluding hydrogens is 490 g/mol. The van der Waals surface area contributed by atoms with Gasteiger partial charge in [-0.15, -0.1) is 17.0 Å². The molecule has 6 nitrogen and oxygen atoms in total. The highest BCUT2D eigenvalue weighted by atomic mass is 79.9. The first-order valence-corrected chi connectivity index (χ1v) is 9.68. The minimum absolute atomic E-state index is 0. The number of aliphatic imine (C=N–C) groups is 1. The fourth-order valence-electron chi connectivity index (χ4n) is 3.04. The SMILES string of the molecule is Br.O=C(CN(C1=NCCCCC1)c1ccc(Br)cc1)c1ccc([N+](=O)[O-])cc1. The minimum Gasteiger partial charge on any atom is -0.322 e.